The van der Waals surface area contributed by atoms with Gasteiger partial charge in [0.25, 0.3) is 0 Å². The number of benzene rings is 1. The second-order valence-electron chi connectivity index (χ2n) is 9.35. The molecule has 190 valence electrons. The van der Waals surface area contributed by atoms with E-state index in [-0.39, 0.29) is 30.1 Å². The van der Waals surface area contributed by atoms with E-state index in [1.54, 1.807) is 31.5 Å². The smallest absolute Gasteiger partial charge is 0.306 e. The van der Waals surface area contributed by atoms with Crippen LogP contribution in [0.5, 0.6) is 5.75 Å². The zero-order valence-electron chi connectivity index (χ0n) is 20.8. The largest absolute Gasteiger partial charge is 0.481 e. The highest BCUT2D eigenvalue weighted by atomic mass is 16.5. The van der Waals surface area contributed by atoms with Crippen LogP contribution >= 0.6 is 0 Å². The van der Waals surface area contributed by atoms with Crippen LogP contribution in [0.4, 0.5) is 5.69 Å². The van der Waals surface area contributed by atoms with E-state index in [0.717, 1.165) is 56.6 Å². The van der Waals surface area contributed by atoms with Gasteiger partial charge in [0.2, 0.25) is 0 Å². The first kappa shape index (κ1) is 25.6. The summed E-state index contributed by atoms with van der Waals surface area (Å²) in [6.07, 6.45) is 6.96. The fourth-order valence-electron chi connectivity index (χ4n) is 5.06. The Morgan fingerprint density at radius 3 is 2.64 bits per heavy atom. The quantitative estimate of drug-likeness (QED) is 0.505. The van der Waals surface area contributed by atoms with Crippen LogP contribution < -0.4 is 15.0 Å². The number of nitrogens with one attached hydrogen (secondary N) is 1. The number of aryl methyl sites for hydroxylation is 1. The summed E-state index contributed by atoms with van der Waals surface area (Å²) in [6, 6.07) is 11.3. The highest BCUT2D eigenvalue weighted by Crippen LogP contribution is 2.30. The van der Waals surface area contributed by atoms with Crippen molar-refractivity contribution < 1.29 is 19.1 Å². The highest BCUT2D eigenvalue weighted by Gasteiger charge is 2.38. The van der Waals surface area contributed by atoms with E-state index in [2.05, 4.69) is 21.3 Å². The summed E-state index contributed by atoms with van der Waals surface area (Å²) in [6.45, 7) is 4.58. The van der Waals surface area contributed by atoms with Gasteiger partial charge in [-0.05, 0) is 75.4 Å². The first-order valence-corrected chi connectivity index (χ1v) is 12.9. The third kappa shape index (κ3) is 6.41. The molecule has 0 radical (unpaired) electrons. The summed E-state index contributed by atoms with van der Waals surface area (Å²) in [5, 5.41) is 12.9. The van der Waals surface area contributed by atoms with E-state index < -0.39 is 6.10 Å². The minimum Gasteiger partial charge on any atom is -0.481 e. The molecular formula is C28H34N4O4. The van der Waals surface area contributed by atoms with Gasteiger partial charge in [-0.2, -0.15) is 5.26 Å². The molecular weight excluding hydrogens is 456 g/mol. The lowest BCUT2D eigenvalue weighted by Crippen LogP contribution is -2.49. The van der Waals surface area contributed by atoms with Crippen molar-refractivity contribution in [1.29, 1.82) is 5.26 Å². The van der Waals surface area contributed by atoms with Gasteiger partial charge >= 0.3 is 5.97 Å². The van der Waals surface area contributed by atoms with Crippen LogP contribution in [0, 0.1) is 17.2 Å². The van der Waals surface area contributed by atoms with Crippen molar-refractivity contribution >= 4 is 17.4 Å². The number of pyridine rings is 1. The predicted octanol–water partition coefficient (Wildman–Crippen LogP) is 3.43. The number of carbonyl (C=O) groups excluding carboxylic acids is 2. The molecule has 0 amide bonds. The Balaban J connectivity index is 1.49. The molecule has 0 spiro atoms. The third-order valence-electron chi connectivity index (χ3n) is 7.02. The van der Waals surface area contributed by atoms with Crippen LogP contribution in [0.15, 0.2) is 42.7 Å². The fraction of sp³-hybridized carbons (Fsp3) is 0.500. The predicted molar refractivity (Wildman–Crippen MR) is 136 cm³/mol. The molecule has 2 aliphatic rings. The number of nitrogens with zero attached hydrogens (tertiary/aromatic N) is 3. The molecule has 2 unspecified atom stereocenters. The van der Waals surface area contributed by atoms with E-state index >= 15 is 0 Å². The van der Waals surface area contributed by atoms with E-state index in [1.165, 1.54) is 0 Å². The molecule has 2 fully saturated rings. The molecule has 3 heterocycles. The Kier molecular flexibility index (Phi) is 8.90. The number of carbonyl (C=O) groups is 2. The summed E-state index contributed by atoms with van der Waals surface area (Å²) >= 11 is 0. The number of anilines is 1. The van der Waals surface area contributed by atoms with Crippen LogP contribution in [-0.2, 0) is 20.7 Å². The van der Waals surface area contributed by atoms with E-state index in [9.17, 15) is 14.9 Å². The summed E-state index contributed by atoms with van der Waals surface area (Å²) in [7, 11) is 0. The van der Waals surface area contributed by atoms with Crippen LogP contribution in [0.25, 0.3) is 0 Å². The number of ketones is 1. The molecule has 2 saturated heterocycles. The summed E-state index contributed by atoms with van der Waals surface area (Å²) in [4.78, 5) is 32.1. The van der Waals surface area contributed by atoms with Crippen LogP contribution in [0.1, 0.15) is 50.2 Å². The second-order valence-corrected chi connectivity index (χ2v) is 9.35. The lowest BCUT2D eigenvalue weighted by Gasteiger charge is -2.35. The average Bonchev–Trinajstić information content (AvgIpc) is 3.46. The van der Waals surface area contributed by atoms with E-state index in [4.69, 9.17) is 9.47 Å². The van der Waals surface area contributed by atoms with Crippen LogP contribution in [0.3, 0.4) is 0 Å². The molecule has 2 atom stereocenters. The topological polar surface area (TPSA) is 105 Å². The van der Waals surface area contributed by atoms with Gasteiger partial charge in [0.15, 0.2) is 11.9 Å². The van der Waals surface area contributed by atoms with Crippen molar-refractivity contribution in [3.05, 3.63) is 53.9 Å². The maximum atomic E-state index is 13.8. The third-order valence-corrected chi connectivity index (χ3v) is 7.02. The summed E-state index contributed by atoms with van der Waals surface area (Å²) in [5.41, 5.74) is 2.38. The molecule has 1 aromatic heterocycles. The van der Waals surface area contributed by atoms with Crippen molar-refractivity contribution in [2.45, 2.75) is 57.6 Å². The number of aromatic nitrogens is 1. The molecule has 1 aromatic carbocycles. The number of Topliss-reactive ketones (excluding diaryl/α,β-unsaturated/α-hetero) is 1. The van der Waals surface area contributed by atoms with Crippen molar-refractivity contribution in [3.8, 4) is 11.8 Å². The molecule has 2 aliphatic heterocycles. The molecule has 0 saturated carbocycles. The number of hydrogen-bond acceptors (Lipinski definition) is 8. The summed E-state index contributed by atoms with van der Waals surface area (Å²) in [5.74, 6) is 0.249. The first-order chi connectivity index (χ1) is 17.6. The Morgan fingerprint density at radius 1 is 1.19 bits per heavy atom. The van der Waals surface area contributed by atoms with Gasteiger partial charge in [-0.15, -0.1) is 0 Å². The average molecular weight is 491 g/mol. The van der Waals surface area contributed by atoms with Gasteiger partial charge in [0, 0.05) is 43.5 Å². The Morgan fingerprint density at radius 2 is 1.97 bits per heavy atom. The standard InChI is InChI=1S/C28H34N4O4/c1-2-35-26(33)8-7-21-6-5-20(19-29)18-25(21)36-28(24-4-3-13-31-24)27(34)22-11-16-32(17-12-22)23-9-14-30-15-10-23/h5-6,9-10,14-15,18,22,24,28,31H,2-4,7-8,11-13,16-17H2,1H3. The maximum absolute atomic E-state index is 13.8. The Hall–Kier alpha value is -3.44. The minimum absolute atomic E-state index is 0.0700. The maximum Gasteiger partial charge on any atom is 0.306 e. The molecule has 8 heteroatoms. The fourth-order valence-corrected chi connectivity index (χ4v) is 5.06. The Labute approximate surface area is 212 Å². The monoisotopic (exact) mass is 490 g/mol. The number of nitriles is 1. The lowest BCUT2D eigenvalue weighted by atomic mass is 9.87. The van der Waals surface area contributed by atoms with Gasteiger partial charge in [-0.1, -0.05) is 6.07 Å². The van der Waals surface area contributed by atoms with E-state index in [0.29, 0.717) is 24.3 Å². The number of rotatable bonds is 10. The molecule has 8 nitrogen and oxygen atoms in total. The molecule has 0 aliphatic carbocycles. The molecule has 36 heavy (non-hydrogen) atoms. The summed E-state index contributed by atoms with van der Waals surface area (Å²) < 4.78 is 11.5. The van der Waals surface area contributed by atoms with Crippen molar-refractivity contribution in [1.82, 2.24) is 10.3 Å². The van der Waals surface area contributed by atoms with E-state index in [1.807, 2.05) is 18.2 Å². The zero-order chi connectivity index (χ0) is 25.3. The number of hydrogen-bond donors (Lipinski definition) is 1. The van der Waals surface area contributed by atoms with Crippen LogP contribution in [-0.4, -0.2) is 55.1 Å². The number of esters is 1. The van der Waals surface area contributed by atoms with Crippen LogP contribution in [0.2, 0.25) is 0 Å². The molecule has 2 aromatic rings. The number of ether oxygens (including phenoxy) is 2. The van der Waals surface area contributed by atoms with Gasteiger partial charge in [-0.3, -0.25) is 14.6 Å². The van der Waals surface area contributed by atoms with Gasteiger partial charge in [0.05, 0.1) is 24.3 Å². The molecule has 1 N–H and O–H groups in total. The minimum atomic E-state index is -0.639. The molecule has 0 bridgehead atoms. The zero-order valence-corrected chi connectivity index (χ0v) is 20.8. The normalized spacial score (nSPS) is 18.9. The second kappa shape index (κ2) is 12.5. The molecule has 4 rings (SSSR count). The van der Waals surface area contributed by atoms with Gasteiger partial charge in [0.1, 0.15) is 5.75 Å². The Bertz CT molecular complexity index is 1070. The van der Waals surface area contributed by atoms with Crippen molar-refractivity contribution in [2.75, 3.05) is 31.1 Å². The van der Waals surface area contributed by atoms with Gasteiger partial charge < -0.3 is 19.7 Å². The first-order valence-electron chi connectivity index (χ1n) is 12.9. The van der Waals surface area contributed by atoms with Gasteiger partial charge in [-0.25, -0.2) is 0 Å². The SMILES string of the molecule is CCOC(=O)CCc1ccc(C#N)cc1OC(C(=O)C1CCN(c2ccncc2)CC1)C1CCCN1. The highest BCUT2D eigenvalue weighted by molar-refractivity contribution is 5.87. The van der Waals surface area contributed by atoms with Crippen molar-refractivity contribution in [3.63, 3.8) is 0 Å². The number of piperidine rings is 1. The lowest BCUT2D eigenvalue weighted by molar-refractivity contribution is -0.143. The van der Waals surface area contributed by atoms with Crippen molar-refractivity contribution in [2.24, 2.45) is 5.92 Å².